The highest BCUT2D eigenvalue weighted by molar-refractivity contribution is 6.30. The average Bonchev–Trinajstić information content (AvgIpc) is 3.78. The molecular weight excluding hydrogens is 699 g/mol. The van der Waals surface area contributed by atoms with Crippen LogP contribution in [-0.4, -0.2) is 56.1 Å². The lowest BCUT2D eigenvalue weighted by Crippen LogP contribution is -2.35. The second kappa shape index (κ2) is 13.0. The van der Waals surface area contributed by atoms with E-state index in [0.717, 1.165) is 66.9 Å². The number of para-hydroxylation sites is 1. The minimum atomic E-state index is -1.29. The van der Waals surface area contributed by atoms with Crippen LogP contribution in [0.2, 0.25) is 5.02 Å². The number of amides is 1. The maximum atomic E-state index is 14.9. The third-order valence-electron chi connectivity index (χ3n) is 10.8. The highest BCUT2D eigenvalue weighted by Crippen LogP contribution is 2.50. The third kappa shape index (κ3) is 6.24. The van der Waals surface area contributed by atoms with Crippen LogP contribution in [-0.2, 0) is 23.6 Å². The molecule has 2 aromatic heterocycles. The number of carbonyl (C=O) groups excluding carboxylic acids is 1. The lowest BCUT2D eigenvalue weighted by molar-refractivity contribution is -0.0712. The van der Waals surface area contributed by atoms with Crippen LogP contribution in [0.3, 0.4) is 0 Å². The van der Waals surface area contributed by atoms with Gasteiger partial charge in [-0.2, -0.15) is 0 Å². The number of aromatic amines is 2. The zero-order chi connectivity index (χ0) is 36.4. The Morgan fingerprint density at radius 2 is 1.89 bits per heavy atom. The van der Waals surface area contributed by atoms with Crippen molar-refractivity contribution < 1.29 is 23.4 Å². The number of likely N-dealkylation sites (tertiary alicyclic amines) is 1. The molecule has 2 atom stereocenters. The SMILES string of the molecule is Cc1cc(C(=O)Nc2ccc3c(c2)nc(CN2CCC(c4cccc5c4OC(C)(c4ccc(Cl)cc4F)O5)CC2)n3C[C@@H]2CCO2)cc2[nH]c(=O)[nH]c12. The smallest absolute Gasteiger partial charge is 0.323 e. The van der Waals surface area contributed by atoms with Gasteiger partial charge in [0.25, 0.3) is 11.7 Å². The molecule has 11 nitrogen and oxygen atoms in total. The van der Waals surface area contributed by atoms with Gasteiger partial charge in [-0.1, -0.05) is 23.7 Å². The van der Waals surface area contributed by atoms with Gasteiger partial charge < -0.3 is 34.1 Å². The van der Waals surface area contributed by atoms with Gasteiger partial charge in [-0.3, -0.25) is 9.69 Å². The van der Waals surface area contributed by atoms with Crippen molar-refractivity contribution in [2.24, 2.45) is 0 Å². The molecule has 53 heavy (non-hydrogen) atoms. The largest absolute Gasteiger partial charge is 0.444 e. The fraction of sp³-hybridized carbons (Fsp3) is 0.325. The molecular formula is C40H38ClFN6O5. The third-order valence-corrected chi connectivity index (χ3v) is 11.0. The molecule has 2 saturated heterocycles. The van der Waals surface area contributed by atoms with E-state index in [2.05, 4.69) is 30.8 Å². The Balaban J connectivity index is 0.912. The number of nitrogens with one attached hydrogen (secondary N) is 3. The number of hydrogen-bond acceptors (Lipinski definition) is 7. The van der Waals surface area contributed by atoms with Gasteiger partial charge in [0.05, 0.1) is 46.8 Å². The summed E-state index contributed by atoms with van der Waals surface area (Å²) in [7, 11) is 0. The fourth-order valence-electron chi connectivity index (χ4n) is 7.91. The van der Waals surface area contributed by atoms with Crippen LogP contribution < -0.4 is 20.5 Å². The number of imidazole rings is 2. The van der Waals surface area contributed by atoms with E-state index in [9.17, 15) is 14.0 Å². The van der Waals surface area contributed by atoms with Crippen LogP contribution in [0.5, 0.6) is 11.5 Å². The van der Waals surface area contributed by atoms with E-state index in [1.807, 2.05) is 37.3 Å². The van der Waals surface area contributed by atoms with Gasteiger partial charge in [-0.05, 0) is 105 Å². The maximum absolute atomic E-state index is 14.9. The van der Waals surface area contributed by atoms with Gasteiger partial charge in [-0.15, -0.1) is 0 Å². The van der Waals surface area contributed by atoms with Crippen molar-refractivity contribution in [1.82, 2.24) is 24.4 Å². The molecule has 0 radical (unpaired) electrons. The van der Waals surface area contributed by atoms with Gasteiger partial charge in [-0.25, -0.2) is 14.2 Å². The molecule has 2 fully saturated rings. The fourth-order valence-corrected chi connectivity index (χ4v) is 8.07. The Hall–Kier alpha value is -5.17. The van der Waals surface area contributed by atoms with E-state index in [0.29, 0.717) is 57.5 Å². The van der Waals surface area contributed by atoms with Gasteiger partial charge in [0.2, 0.25) is 0 Å². The molecule has 3 aliphatic heterocycles. The number of ether oxygens (including phenoxy) is 3. The number of H-pyrrole nitrogens is 2. The van der Waals surface area contributed by atoms with Crippen LogP contribution in [0, 0.1) is 12.7 Å². The number of benzene rings is 4. The first-order valence-electron chi connectivity index (χ1n) is 17.9. The summed E-state index contributed by atoms with van der Waals surface area (Å²) in [4.78, 5) is 38.1. The number of piperidine rings is 1. The van der Waals surface area contributed by atoms with E-state index in [-0.39, 0.29) is 23.6 Å². The number of aromatic nitrogens is 4. The molecule has 5 heterocycles. The number of anilines is 1. The first kappa shape index (κ1) is 33.7. The number of aryl methyl sites for hydroxylation is 1. The molecule has 0 saturated carbocycles. The Morgan fingerprint density at radius 3 is 2.66 bits per heavy atom. The topological polar surface area (TPSA) is 126 Å². The van der Waals surface area contributed by atoms with Gasteiger partial charge in [0, 0.05) is 35.4 Å². The van der Waals surface area contributed by atoms with Crippen LogP contribution >= 0.6 is 11.6 Å². The summed E-state index contributed by atoms with van der Waals surface area (Å²) < 4.78 is 35.6. The number of halogens is 2. The van der Waals surface area contributed by atoms with E-state index in [4.69, 9.17) is 30.8 Å². The molecule has 9 rings (SSSR count). The summed E-state index contributed by atoms with van der Waals surface area (Å²) in [5.41, 5.74) is 6.01. The van der Waals surface area contributed by atoms with Crippen molar-refractivity contribution in [2.45, 2.75) is 64.0 Å². The molecule has 272 valence electrons. The number of fused-ring (bicyclic) bond motifs is 3. The van der Waals surface area contributed by atoms with Crippen LogP contribution in [0.25, 0.3) is 22.1 Å². The number of rotatable bonds is 8. The predicted molar refractivity (Wildman–Crippen MR) is 199 cm³/mol. The lowest BCUT2D eigenvalue weighted by Gasteiger charge is -2.33. The maximum Gasteiger partial charge on any atom is 0.323 e. The highest BCUT2D eigenvalue weighted by Gasteiger charge is 2.43. The summed E-state index contributed by atoms with van der Waals surface area (Å²) in [6.45, 7) is 7.46. The zero-order valence-corrected chi connectivity index (χ0v) is 30.1. The van der Waals surface area contributed by atoms with E-state index in [1.54, 1.807) is 31.2 Å². The van der Waals surface area contributed by atoms with Gasteiger partial charge in [0.15, 0.2) is 11.5 Å². The second-order valence-corrected chi connectivity index (χ2v) is 14.8. The summed E-state index contributed by atoms with van der Waals surface area (Å²) >= 11 is 6.01. The molecule has 4 aromatic carbocycles. The molecule has 6 aromatic rings. The minimum Gasteiger partial charge on any atom is -0.444 e. The number of hydrogen-bond donors (Lipinski definition) is 3. The standard InChI is InChI=1S/C40H38ClFN6O5/c1-22-16-24(17-32-36(22)46-39(50)45-32)38(49)43-26-7-9-33-31(19-26)44-35(48(33)20-27-12-15-51-27)21-47-13-10-23(11-14-47)28-4-3-5-34-37(28)53-40(2,52-34)29-8-6-25(41)18-30(29)42/h3-9,16-19,23,27H,10-15,20-21H2,1-2H3,(H,43,49)(H2,45,46,50)/t27-,40?/m0/s1. The number of carbonyl (C=O) groups is 1. The molecule has 13 heteroatoms. The van der Waals surface area contributed by atoms with Gasteiger partial charge >= 0.3 is 5.69 Å². The second-order valence-electron chi connectivity index (χ2n) is 14.4. The quantitative estimate of drug-likeness (QED) is 0.149. The summed E-state index contributed by atoms with van der Waals surface area (Å²) in [6, 6.07) is 19.7. The van der Waals surface area contributed by atoms with Crippen LogP contribution in [0.1, 0.15) is 65.0 Å². The molecule has 0 spiro atoms. The zero-order valence-electron chi connectivity index (χ0n) is 29.3. The predicted octanol–water partition coefficient (Wildman–Crippen LogP) is 7.37. The summed E-state index contributed by atoms with van der Waals surface area (Å²) in [5.74, 6) is 0.436. The first-order chi connectivity index (χ1) is 25.6. The van der Waals surface area contributed by atoms with E-state index < -0.39 is 11.6 Å². The van der Waals surface area contributed by atoms with Crippen LogP contribution in [0.4, 0.5) is 10.1 Å². The van der Waals surface area contributed by atoms with Crippen molar-refractivity contribution in [3.63, 3.8) is 0 Å². The van der Waals surface area contributed by atoms with Crippen molar-refractivity contribution in [3.8, 4) is 11.5 Å². The Morgan fingerprint density at radius 1 is 1.06 bits per heavy atom. The van der Waals surface area contributed by atoms with Crippen molar-refractivity contribution >= 4 is 45.3 Å². The minimum absolute atomic E-state index is 0.142. The van der Waals surface area contributed by atoms with Gasteiger partial charge in [0.1, 0.15) is 11.6 Å². The Kier molecular flexibility index (Phi) is 8.28. The van der Waals surface area contributed by atoms with E-state index in [1.165, 1.54) is 6.07 Å². The molecule has 1 unspecified atom stereocenters. The molecule has 1 amide bonds. The Bertz CT molecular complexity index is 2460. The van der Waals surface area contributed by atoms with Crippen molar-refractivity contribution in [3.05, 3.63) is 116 Å². The average molecular weight is 737 g/mol. The molecule has 0 bridgehead atoms. The monoisotopic (exact) mass is 736 g/mol. The first-order valence-corrected chi connectivity index (χ1v) is 18.3. The van der Waals surface area contributed by atoms with E-state index >= 15 is 0 Å². The summed E-state index contributed by atoms with van der Waals surface area (Å²) in [6.07, 6.45) is 2.97. The van der Waals surface area contributed by atoms with Crippen LogP contribution in [0.15, 0.2) is 71.5 Å². The molecule has 3 N–H and O–H groups in total. The summed E-state index contributed by atoms with van der Waals surface area (Å²) in [5, 5.41) is 3.33. The molecule has 0 aliphatic carbocycles. The number of nitrogens with zero attached hydrogens (tertiary/aromatic N) is 3. The van der Waals surface area contributed by atoms with Crippen molar-refractivity contribution in [1.29, 1.82) is 0 Å². The molecule has 3 aliphatic rings. The normalized spacial score (nSPS) is 20.3. The highest BCUT2D eigenvalue weighted by atomic mass is 35.5. The Labute approximate surface area is 309 Å². The van der Waals surface area contributed by atoms with Crippen molar-refractivity contribution in [2.75, 3.05) is 25.0 Å². The lowest BCUT2D eigenvalue weighted by atomic mass is 9.88.